The van der Waals surface area contributed by atoms with Crippen LogP contribution in [0.3, 0.4) is 0 Å². The van der Waals surface area contributed by atoms with E-state index < -0.39 is 22.0 Å². The first kappa shape index (κ1) is 10.9. The van der Waals surface area contributed by atoms with Crippen LogP contribution < -0.4 is 10.6 Å². The second-order valence-electron chi connectivity index (χ2n) is 3.10. The number of halogens is 3. The standard InChI is InChI=1S/C9H4F3NO2S/c10-9(11,12)6-1-2-7-5(3-6)4-8(13-7)16(14)15/h1-4H. The zero-order valence-electron chi connectivity index (χ0n) is 7.62. The quantitative estimate of drug-likeness (QED) is 0.612. The van der Waals surface area contributed by atoms with Crippen LogP contribution in [0.5, 0.6) is 0 Å². The molecular weight excluding hydrogens is 243 g/mol. The van der Waals surface area contributed by atoms with Crippen molar-refractivity contribution in [3.05, 3.63) is 34.3 Å². The van der Waals surface area contributed by atoms with Gasteiger partial charge in [-0.15, -0.1) is 0 Å². The van der Waals surface area contributed by atoms with Crippen LogP contribution in [0.15, 0.2) is 23.2 Å². The van der Waals surface area contributed by atoms with E-state index in [2.05, 4.69) is 4.99 Å². The van der Waals surface area contributed by atoms with Crippen LogP contribution in [-0.4, -0.2) is 13.4 Å². The van der Waals surface area contributed by atoms with E-state index in [1.165, 1.54) is 0 Å². The van der Waals surface area contributed by atoms with Crippen molar-refractivity contribution in [1.82, 2.24) is 0 Å². The number of nitrogens with zero attached hydrogens (tertiary/aromatic N) is 1. The summed E-state index contributed by atoms with van der Waals surface area (Å²) in [7, 11) is -2.53. The Morgan fingerprint density at radius 2 is 1.88 bits per heavy atom. The summed E-state index contributed by atoms with van der Waals surface area (Å²) in [4.78, 5) is 3.40. The van der Waals surface area contributed by atoms with Gasteiger partial charge in [-0.25, -0.2) is 4.99 Å². The highest BCUT2D eigenvalue weighted by atomic mass is 32.2. The second kappa shape index (κ2) is 3.44. The van der Waals surface area contributed by atoms with Crippen LogP contribution in [-0.2, 0) is 16.5 Å². The van der Waals surface area contributed by atoms with Crippen LogP contribution in [0.4, 0.5) is 13.2 Å². The smallest absolute Gasteiger partial charge is 0.232 e. The van der Waals surface area contributed by atoms with Crippen LogP contribution in [0.1, 0.15) is 5.56 Å². The second-order valence-corrected chi connectivity index (χ2v) is 3.99. The van der Waals surface area contributed by atoms with E-state index >= 15 is 0 Å². The molecule has 0 atom stereocenters. The minimum absolute atomic E-state index is 0.161. The van der Waals surface area contributed by atoms with Crippen LogP contribution in [0.25, 0.3) is 6.08 Å². The first-order valence-electron chi connectivity index (χ1n) is 4.12. The maximum atomic E-state index is 12.3. The molecule has 0 bridgehead atoms. The van der Waals surface area contributed by atoms with E-state index in [-0.39, 0.29) is 15.6 Å². The summed E-state index contributed by atoms with van der Waals surface area (Å²) in [5.41, 5.74) is -0.823. The predicted molar refractivity (Wildman–Crippen MR) is 50.6 cm³/mol. The lowest BCUT2D eigenvalue weighted by atomic mass is 10.2. The van der Waals surface area contributed by atoms with Gasteiger partial charge in [-0.1, -0.05) is 0 Å². The summed E-state index contributed by atoms with van der Waals surface area (Å²) >= 11 is 0. The number of benzene rings is 1. The van der Waals surface area contributed by atoms with Crippen LogP contribution >= 0.6 is 0 Å². The Balaban J connectivity index is 2.73. The minimum atomic E-state index is -4.44. The molecule has 1 aromatic rings. The molecule has 1 heterocycles. The van der Waals surface area contributed by atoms with Gasteiger partial charge in [0.2, 0.25) is 10.3 Å². The Kier molecular flexibility index (Phi) is 2.34. The van der Waals surface area contributed by atoms with E-state index in [9.17, 15) is 21.6 Å². The van der Waals surface area contributed by atoms with Crippen molar-refractivity contribution < 1.29 is 21.6 Å². The number of fused-ring (bicyclic) bond motifs is 1. The Hall–Kier alpha value is -1.63. The average molecular weight is 247 g/mol. The molecular formula is C9H4F3NO2S. The van der Waals surface area contributed by atoms with E-state index in [4.69, 9.17) is 0 Å². The van der Waals surface area contributed by atoms with Crippen molar-refractivity contribution in [2.45, 2.75) is 6.18 Å². The highest BCUT2D eigenvalue weighted by Gasteiger charge is 2.30. The van der Waals surface area contributed by atoms with Gasteiger partial charge in [-0.2, -0.15) is 21.6 Å². The fraction of sp³-hybridized carbons (Fsp3) is 0.111. The molecule has 0 spiro atoms. The number of alkyl halides is 3. The van der Waals surface area contributed by atoms with Crippen molar-refractivity contribution in [2.24, 2.45) is 4.99 Å². The third kappa shape index (κ3) is 1.85. The van der Waals surface area contributed by atoms with Crippen LogP contribution in [0.2, 0.25) is 0 Å². The van der Waals surface area contributed by atoms with Gasteiger partial charge in [-0.3, -0.25) is 0 Å². The molecule has 0 aromatic heterocycles. The molecule has 1 aliphatic heterocycles. The van der Waals surface area contributed by atoms with Crippen molar-refractivity contribution in [2.75, 3.05) is 0 Å². The molecule has 0 amide bonds. The first-order valence-corrected chi connectivity index (χ1v) is 5.19. The van der Waals surface area contributed by atoms with Gasteiger partial charge < -0.3 is 0 Å². The maximum Gasteiger partial charge on any atom is 0.416 e. The molecule has 3 nitrogen and oxygen atoms in total. The topological polar surface area (TPSA) is 46.5 Å². The highest BCUT2D eigenvalue weighted by Crippen LogP contribution is 2.27. The lowest BCUT2D eigenvalue weighted by Crippen LogP contribution is -2.23. The fourth-order valence-electron chi connectivity index (χ4n) is 1.32. The zero-order valence-corrected chi connectivity index (χ0v) is 8.43. The van der Waals surface area contributed by atoms with Gasteiger partial charge in [0.05, 0.1) is 10.9 Å². The van der Waals surface area contributed by atoms with Crippen molar-refractivity contribution in [1.29, 1.82) is 0 Å². The zero-order chi connectivity index (χ0) is 11.9. The monoisotopic (exact) mass is 247 g/mol. The van der Waals surface area contributed by atoms with Crippen molar-refractivity contribution in [3.63, 3.8) is 0 Å². The van der Waals surface area contributed by atoms with E-state index in [0.29, 0.717) is 0 Å². The molecule has 7 heteroatoms. The number of hydrogen-bond acceptors (Lipinski definition) is 2. The summed E-state index contributed by atoms with van der Waals surface area (Å²) in [6.45, 7) is 0. The SMILES string of the molecule is O=S(=O)=C1C=c2cc(C(F)(F)F)ccc2=N1. The molecule has 0 radical (unpaired) electrons. The third-order valence-corrected chi connectivity index (χ3v) is 2.59. The summed E-state index contributed by atoms with van der Waals surface area (Å²) < 4.78 is 58.2. The van der Waals surface area contributed by atoms with Crippen molar-refractivity contribution >= 4 is 21.4 Å². The Morgan fingerprint density at radius 3 is 2.44 bits per heavy atom. The van der Waals surface area contributed by atoms with Gasteiger partial charge in [-0.05, 0) is 24.3 Å². The Labute approximate surface area is 89.1 Å². The summed E-state index contributed by atoms with van der Waals surface area (Å²) in [5, 5.41) is 0.390. The number of hydrogen-bond donors (Lipinski definition) is 0. The van der Waals surface area contributed by atoms with Gasteiger partial charge in [0.1, 0.15) is 0 Å². The molecule has 0 unspecified atom stereocenters. The maximum absolute atomic E-state index is 12.3. The molecule has 1 aliphatic rings. The predicted octanol–water partition coefficient (Wildman–Crippen LogP) is 0.128. The molecule has 84 valence electrons. The lowest BCUT2D eigenvalue weighted by Gasteiger charge is -2.04. The molecule has 0 fully saturated rings. The fourth-order valence-corrected chi connectivity index (χ4v) is 1.71. The first-order chi connectivity index (χ1) is 7.38. The molecule has 1 aromatic carbocycles. The summed E-state index contributed by atoms with van der Waals surface area (Å²) in [6.07, 6.45) is -3.34. The van der Waals surface area contributed by atoms with Crippen molar-refractivity contribution in [3.8, 4) is 0 Å². The molecule has 0 saturated heterocycles. The summed E-state index contributed by atoms with van der Waals surface area (Å²) in [5.74, 6) is 0. The van der Waals surface area contributed by atoms with Gasteiger partial charge in [0.25, 0.3) is 0 Å². The summed E-state index contributed by atoms with van der Waals surface area (Å²) in [6, 6.07) is 2.89. The average Bonchev–Trinajstić information content (AvgIpc) is 2.58. The highest BCUT2D eigenvalue weighted by molar-refractivity contribution is 7.73. The van der Waals surface area contributed by atoms with Gasteiger partial charge >= 0.3 is 6.18 Å². The molecule has 16 heavy (non-hydrogen) atoms. The van der Waals surface area contributed by atoms with E-state index in [0.717, 1.165) is 24.3 Å². The van der Waals surface area contributed by atoms with E-state index in [1.807, 2.05) is 0 Å². The van der Waals surface area contributed by atoms with Gasteiger partial charge in [0.15, 0.2) is 4.99 Å². The van der Waals surface area contributed by atoms with E-state index in [1.54, 1.807) is 0 Å². The third-order valence-electron chi connectivity index (χ3n) is 2.04. The molecule has 0 N–H and O–H groups in total. The van der Waals surface area contributed by atoms with Crippen LogP contribution in [0, 0.1) is 0 Å². The lowest BCUT2D eigenvalue weighted by molar-refractivity contribution is -0.137. The minimum Gasteiger partial charge on any atom is -0.232 e. The normalized spacial score (nSPS) is 14.1. The molecule has 0 aliphatic carbocycles. The Morgan fingerprint density at radius 1 is 1.19 bits per heavy atom. The largest absolute Gasteiger partial charge is 0.416 e. The number of rotatable bonds is 0. The Bertz CT molecular complexity index is 693. The molecule has 2 rings (SSSR count). The molecule has 0 saturated carbocycles. The van der Waals surface area contributed by atoms with Gasteiger partial charge in [0, 0.05) is 5.22 Å².